The minimum atomic E-state index is -1.78. The Morgan fingerprint density at radius 2 is 1.88 bits per heavy atom. The molecule has 34 heavy (non-hydrogen) atoms. The van der Waals surface area contributed by atoms with Crippen LogP contribution in [0.5, 0.6) is 5.75 Å². The van der Waals surface area contributed by atoms with Gasteiger partial charge in [-0.05, 0) is 51.5 Å². The summed E-state index contributed by atoms with van der Waals surface area (Å²) in [6.07, 6.45) is 1.76. The molecule has 0 saturated carbocycles. The van der Waals surface area contributed by atoms with Crippen LogP contribution in [0.3, 0.4) is 0 Å². The second-order valence-corrected chi connectivity index (χ2v) is 10.4. The van der Waals surface area contributed by atoms with E-state index in [1.54, 1.807) is 32.5 Å². The normalized spacial score (nSPS) is 12.7. The highest BCUT2D eigenvalue weighted by Crippen LogP contribution is 2.39. The van der Waals surface area contributed by atoms with Gasteiger partial charge in [0, 0.05) is 27.3 Å². The zero-order valence-electron chi connectivity index (χ0n) is 20.3. The molecule has 2 heterocycles. The number of carbonyl (C=O) groups is 1. The van der Waals surface area contributed by atoms with E-state index in [1.807, 2.05) is 6.07 Å². The van der Waals surface area contributed by atoms with Crippen molar-refractivity contribution in [2.45, 2.75) is 39.7 Å². The lowest BCUT2D eigenvalue weighted by Crippen LogP contribution is -2.23. The molecule has 0 fully saturated rings. The quantitative estimate of drug-likeness (QED) is 0.313. The van der Waals surface area contributed by atoms with E-state index in [2.05, 4.69) is 63.0 Å². The molecule has 1 unspecified atom stereocenters. The number of furan rings is 1. The average Bonchev–Trinajstić information content (AvgIpc) is 3.38. The molecule has 184 valence electrons. The second-order valence-electron chi connectivity index (χ2n) is 8.74. The average molecular weight is 552 g/mol. The molecule has 3 aromatic rings. The van der Waals surface area contributed by atoms with Crippen molar-refractivity contribution in [3.05, 3.63) is 45.8 Å². The largest absolute Gasteiger partial charge is 0.546 e. The van der Waals surface area contributed by atoms with Gasteiger partial charge in [0.25, 0.3) is 5.91 Å². The van der Waals surface area contributed by atoms with E-state index >= 15 is 0 Å². The molecule has 0 bridgehead atoms. The fourth-order valence-electron chi connectivity index (χ4n) is 3.41. The van der Waals surface area contributed by atoms with Gasteiger partial charge in [0.2, 0.25) is 11.6 Å². The molecular weight excluding hydrogens is 522 g/mol. The highest BCUT2D eigenvalue weighted by atomic mass is 79.9. The maximum Gasteiger partial charge on any atom is 0.258 e. The maximum atomic E-state index is 12.7. The highest BCUT2D eigenvalue weighted by Gasteiger charge is 2.27. The maximum absolute atomic E-state index is 12.7. The summed E-state index contributed by atoms with van der Waals surface area (Å²) in [7, 11) is 4.82. The van der Waals surface area contributed by atoms with Crippen molar-refractivity contribution in [3.8, 4) is 5.75 Å². The summed E-state index contributed by atoms with van der Waals surface area (Å²) in [5.41, 5.74) is 1.95. The Bertz CT molecular complexity index is 1160. The summed E-state index contributed by atoms with van der Waals surface area (Å²) in [6.45, 7) is 8.32. The summed E-state index contributed by atoms with van der Waals surface area (Å²) in [5.74, 6) is 1.97. The number of anilines is 3. The molecule has 0 spiro atoms. The molecule has 11 heteroatoms. The van der Waals surface area contributed by atoms with Gasteiger partial charge < -0.3 is 29.2 Å². The molecule has 0 aliphatic carbocycles. The van der Waals surface area contributed by atoms with E-state index in [1.165, 1.54) is 12.0 Å². The zero-order valence-corrected chi connectivity index (χ0v) is 22.7. The topological polar surface area (TPSA) is 116 Å². The number of hydrogen-bond donors (Lipinski definition) is 2. The first-order chi connectivity index (χ1) is 16.0. The fraction of sp³-hybridized carbons (Fsp3) is 0.435. The third kappa shape index (κ3) is 5.53. The number of hydrogen-bond acceptors (Lipinski definition) is 8. The van der Waals surface area contributed by atoms with Crippen molar-refractivity contribution in [1.29, 1.82) is 0 Å². The van der Waals surface area contributed by atoms with Gasteiger partial charge in [0.1, 0.15) is 5.76 Å². The van der Waals surface area contributed by atoms with Crippen LogP contribution in [0.15, 0.2) is 33.4 Å². The smallest absolute Gasteiger partial charge is 0.258 e. The van der Waals surface area contributed by atoms with Crippen LogP contribution in [-0.2, 0) is 0 Å². The van der Waals surface area contributed by atoms with Gasteiger partial charge in [-0.15, -0.1) is 0 Å². The van der Waals surface area contributed by atoms with Crippen LogP contribution in [-0.4, -0.2) is 45.3 Å². The molecule has 3 rings (SSSR count). The molecule has 2 N–H and O–H groups in total. The van der Waals surface area contributed by atoms with Gasteiger partial charge in [-0.25, -0.2) is 0 Å². The lowest BCUT2D eigenvalue weighted by Gasteiger charge is -2.20. The predicted molar refractivity (Wildman–Crippen MR) is 137 cm³/mol. The Morgan fingerprint density at radius 3 is 2.44 bits per heavy atom. The van der Waals surface area contributed by atoms with E-state index < -0.39 is 11.1 Å². The van der Waals surface area contributed by atoms with Gasteiger partial charge in [-0.2, -0.15) is 0 Å². The second kappa shape index (κ2) is 10.7. The summed E-state index contributed by atoms with van der Waals surface area (Å²) >= 11 is 1.65. The van der Waals surface area contributed by atoms with Crippen LogP contribution in [0, 0.1) is 5.92 Å². The first-order valence-electron chi connectivity index (χ1n) is 10.8. The summed E-state index contributed by atoms with van der Waals surface area (Å²) in [5, 5.41) is 6.47. The first kappa shape index (κ1) is 26.0. The Balaban J connectivity index is 1.97. The van der Waals surface area contributed by atoms with Crippen LogP contribution in [0.4, 0.5) is 17.3 Å². The van der Waals surface area contributed by atoms with E-state index in [0.29, 0.717) is 33.2 Å². The first-order valence-corrected chi connectivity index (χ1v) is 12.7. The molecule has 1 aromatic carbocycles. The number of rotatable bonds is 9. The van der Waals surface area contributed by atoms with Crippen LogP contribution >= 0.6 is 27.1 Å². The lowest BCUT2D eigenvalue weighted by atomic mass is 9.99. The van der Waals surface area contributed by atoms with Crippen LogP contribution in [0.25, 0.3) is 0 Å². The molecule has 0 radical (unpaired) electrons. The van der Waals surface area contributed by atoms with Gasteiger partial charge in [-0.3, -0.25) is 4.79 Å². The number of halogens is 1. The standard InChI is InChI=1S/C23H30BrN5O4S/c1-12(2)14-10-17(33-11-14)19(13(3)4)26-22-21(27-34(31)28-22)25-16-9-8-15(24)18(20(16)32-7)23(30)29(5)6/h8-13,19H,1-7H3,(H,25,27)(H,26,28)/t19-,34?/m1/s1. The molecule has 0 aliphatic rings. The van der Waals surface area contributed by atoms with E-state index in [-0.39, 0.29) is 23.7 Å². The number of nitrogens with one attached hydrogen (secondary N) is 2. The molecule has 2 aromatic heterocycles. The van der Waals surface area contributed by atoms with Crippen molar-refractivity contribution in [3.63, 3.8) is 0 Å². The number of benzene rings is 1. The van der Waals surface area contributed by atoms with E-state index in [4.69, 9.17) is 9.15 Å². The Labute approximate surface area is 211 Å². The van der Waals surface area contributed by atoms with Crippen LogP contribution in [0.2, 0.25) is 0 Å². The molecule has 1 amide bonds. The number of amides is 1. The van der Waals surface area contributed by atoms with Crippen LogP contribution in [0.1, 0.15) is 61.3 Å². The van der Waals surface area contributed by atoms with Crippen LogP contribution < -0.4 is 15.4 Å². The summed E-state index contributed by atoms with van der Waals surface area (Å²) < 4.78 is 32.5. The van der Waals surface area contributed by atoms with Crippen molar-refractivity contribution in [1.82, 2.24) is 13.6 Å². The van der Waals surface area contributed by atoms with Gasteiger partial charge >= 0.3 is 0 Å². The van der Waals surface area contributed by atoms with Crippen molar-refractivity contribution in [2.75, 3.05) is 31.8 Å². The molecule has 0 saturated heterocycles. The zero-order chi connectivity index (χ0) is 25.2. The fourth-order valence-corrected chi connectivity index (χ4v) is 4.51. The van der Waals surface area contributed by atoms with E-state index in [9.17, 15) is 9.35 Å². The third-order valence-corrected chi connectivity index (χ3v) is 6.66. The Kier molecular flexibility index (Phi) is 8.21. The van der Waals surface area contributed by atoms with Gasteiger partial charge in [-0.1, -0.05) is 27.7 Å². The predicted octanol–water partition coefficient (Wildman–Crippen LogP) is 5.95. The highest BCUT2D eigenvalue weighted by molar-refractivity contribution is 9.10. The molecule has 0 aliphatic heterocycles. The lowest BCUT2D eigenvalue weighted by molar-refractivity contribution is 0.0823. The SMILES string of the molecule is COc1c(Nc2n[s+]([O-])nc2N[C@@H](c2cc(C(C)C)co2)C(C)C)ccc(Br)c1C(=O)N(C)C. The molecule has 9 nitrogen and oxygen atoms in total. The monoisotopic (exact) mass is 551 g/mol. The Morgan fingerprint density at radius 1 is 1.21 bits per heavy atom. The number of ether oxygens (including phenoxy) is 1. The minimum Gasteiger partial charge on any atom is -0.546 e. The van der Waals surface area contributed by atoms with E-state index in [0.717, 1.165) is 11.3 Å². The summed E-state index contributed by atoms with van der Waals surface area (Å²) in [6, 6.07) is 5.30. The van der Waals surface area contributed by atoms with Crippen molar-refractivity contribution in [2.24, 2.45) is 5.92 Å². The van der Waals surface area contributed by atoms with Gasteiger partial charge in [0.05, 0.1) is 30.7 Å². The molecular formula is C23H30BrN5O4S. The third-order valence-electron chi connectivity index (χ3n) is 5.32. The molecule has 2 atom stereocenters. The number of methoxy groups -OCH3 is 1. The number of carbonyl (C=O) groups excluding carboxylic acids is 1. The minimum absolute atomic E-state index is 0.149. The summed E-state index contributed by atoms with van der Waals surface area (Å²) in [4.78, 5) is 14.2. The number of aromatic nitrogens is 2. The van der Waals surface area contributed by atoms with Gasteiger partial charge in [0.15, 0.2) is 16.9 Å². The number of nitrogens with zero attached hydrogens (tertiary/aromatic N) is 3. The Hall–Kier alpha value is -2.63. The van der Waals surface area contributed by atoms with Crippen molar-refractivity contribution >= 4 is 50.3 Å². The van der Waals surface area contributed by atoms with Crippen molar-refractivity contribution < 1.29 is 18.5 Å².